The van der Waals surface area contributed by atoms with Gasteiger partial charge in [-0.15, -0.1) is 0 Å². The number of aromatic nitrogens is 2. The largest absolute Gasteiger partial charge is 0.490 e. The van der Waals surface area contributed by atoms with Gasteiger partial charge in [-0.3, -0.25) is 10.1 Å². The summed E-state index contributed by atoms with van der Waals surface area (Å²) in [6.07, 6.45) is 0.347. The zero-order valence-corrected chi connectivity index (χ0v) is 17.8. The highest BCUT2D eigenvalue weighted by atomic mass is 35.5. The molecule has 31 heavy (non-hydrogen) atoms. The molecule has 1 heterocycles. The molecular formula is C20H18ClFN4O5. The minimum Gasteiger partial charge on any atom is -0.490 e. The molecule has 0 unspecified atom stereocenters. The number of halogens is 2. The van der Waals surface area contributed by atoms with E-state index in [0.717, 1.165) is 11.0 Å². The number of anilines is 2. The Morgan fingerprint density at radius 1 is 1.23 bits per heavy atom. The molecule has 3 rings (SSSR count). The maximum atomic E-state index is 13.7. The second kappa shape index (κ2) is 8.31. The van der Waals surface area contributed by atoms with Crippen LogP contribution in [0.25, 0.3) is 10.9 Å². The molecule has 0 aliphatic heterocycles. The summed E-state index contributed by atoms with van der Waals surface area (Å²) in [7, 11) is 1.30. The van der Waals surface area contributed by atoms with E-state index in [4.69, 9.17) is 21.1 Å². The fraction of sp³-hybridized carbons (Fsp3) is 0.250. The summed E-state index contributed by atoms with van der Waals surface area (Å²) in [5.74, 6) is -0.689. The summed E-state index contributed by atoms with van der Waals surface area (Å²) >= 11 is 5.92. The highest BCUT2D eigenvalue weighted by Gasteiger charge is 2.29. The van der Waals surface area contributed by atoms with Crippen molar-refractivity contribution in [2.45, 2.75) is 26.4 Å². The lowest BCUT2D eigenvalue weighted by molar-refractivity contribution is -0.385. The Morgan fingerprint density at radius 3 is 2.52 bits per heavy atom. The molecule has 0 saturated carbocycles. The Morgan fingerprint density at radius 2 is 1.94 bits per heavy atom. The number of carbonyl (C=O) groups excluding carboxylic acids is 1. The SMILES string of the molecule is COc1cc2ncnc(N(C(=O)OC(C)(C)C)c3ccc(F)c(Cl)c3)c2cc1[N+](=O)[O-]. The van der Waals surface area contributed by atoms with Crippen molar-refractivity contribution < 1.29 is 23.6 Å². The molecule has 2 aromatic carbocycles. The van der Waals surface area contributed by atoms with Crippen molar-refractivity contribution in [1.82, 2.24) is 9.97 Å². The second-order valence-corrected chi connectivity index (χ2v) is 7.82. The Hall–Kier alpha value is -3.53. The summed E-state index contributed by atoms with van der Waals surface area (Å²) in [5, 5.41) is 11.5. The van der Waals surface area contributed by atoms with E-state index in [-0.39, 0.29) is 38.9 Å². The van der Waals surface area contributed by atoms with E-state index in [0.29, 0.717) is 0 Å². The third-order valence-corrected chi connectivity index (χ3v) is 4.35. The first-order chi connectivity index (χ1) is 14.5. The molecule has 0 atom stereocenters. The molecule has 0 fully saturated rings. The number of hydrogen-bond donors (Lipinski definition) is 0. The fourth-order valence-corrected chi connectivity index (χ4v) is 2.96. The molecule has 0 radical (unpaired) electrons. The number of ether oxygens (including phenoxy) is 2. The van der Waals surface area contributed by atoms with Gasteiger partial charge in [0.2, 0.25) is 0 Å². The van der Waals surface area contributed by atoms with Crippen molar-refractivity contribution in [3.63, 3.8) is 0 Å². The van der Waals surface area contributed by atoms with Crippen molar-refractivity contribution in [1.29, 1.82) is 0 Å². The van der Waals surface area contributed by atoms with Gasteiger partial charge in [-0.05, 0) is 39.0 Å². The molecular weight excluding hydrogens is 431 g/mol. The predicted octanol–water partition coefficient (Wildman–Crippen LogP) is 5.41. The third-order valence-electron chi connectivity index (χ3n) is 4.06. The van der Waals surface area contributed by atoms with Gasteiger partial charge in [0, 0.05) is 12.1 Å². The van der Waals surface area contributed by atoms with Gasteiger partial charge in [0.1, 0.15) is 17.7 Å². The molecule has 0 N–H and O–H groups in total. The molecule has 1 aromatic heterocycles. The Balaban J connectivity index is 2.29. The van der Waals surface area contributed by atoms with Crippen LogP contribution in [0, 0.1) is 15.9 Å². The number of benzene rings is 2. The van der Waals surface area contributed by atoms with Gasteiger partial charge >= 0.3 is 11.8 Å². The lowest BCUT2D eigenvalue weighted by atomic mass is 10.1. The molecule has 162 valence electrons. The first-order valence-electron chi connectivity index (χ1n) is 8.97. The second-order valence-electron chi connectivity index (χ2n) is 7.41. The van der Waals surface area contributed by atoms with Crippen LogP contribution in [-0.2, 0) is 4.74 Å². The molecule has 11 heteroatoms. The van der Waals surface area contributed by atoms with Crippen LogP contribution in [0.1, 0.15) is 20.8 Å². The highest BCUT2D eigenvalue weighted by Crippen LogP contribution is 2.38. The van der Waals surface area contributed by atoms with Crippen molar-refractivity contribution in [2.75, 3.05) is 12.0 Å². The van der Waals surface area contributed by atoms with Crippen LogP contribution < -0.4 is 9.64 Å². The van der Waals surface area contributed by atoms with Gasteiger partial charge in [-0.25, -0.2) is 24.1 Å². The van der Waals surface area contributed by atoms with E-state index in [2.05, 4.69) is 9.97 Å². The number of fused-ring (bicyclic) bond motifs is 1. The van der Waals surface area contributed by atoms with Crippen molar-refractivity contribution in [3.8, 4) is 5.75 Å². The normalized spacial score (nSPS) is 11.3. The maximum Gasteiger partial charge on any atom is 0.420 e. The lowest BCUT2D eigenvalue weighted by Gasteiger charge is -2.27. The number of methoxy groups -OCH3 is 1. The third kappa shape index (κ3) is 4.64. The van der Waals surface area contributed by atoms with Gasteiger partial charge in [0.25, 0.3) is 0 Å². The standard InChI is InChI=1S/C20H18ClFN4O5/c1-20(2,3)31-19(27)25(11-5-6-14(22)13(21)7-11)18-12-8-16(26(28)29)17(30-4)9-15(12)23-10-24-18/h5-10H,1-4H3. The zero-order valence-electron chi connectivity index (χ0n) is 17.1. The number of hydrogen-bond acceptors (Lipinski definition) is 7. The molecule has 0 spiro atoms. The smallest absolute Gasteiger partial charge is 0.420 e. The lowest BCUT2D eigenvalue weighted by Crippen LogP contribution is -2.34. The van der Waals surface area contributed by atoms with Crippen LogP contribution in [0.2, 0.25) is 5.02 Å². The monoisotopic (exact) mass is 448 g/mol. The Bertz CT molecular complexity index is 1180. The number of carbonyl (C=O) groups is 1. The van der Waals surface area contributed by atoms with E-state index in [1.165, 1.54) is 37.7 Å². The van der Waals surface area contributed by atoms with Gasteiger partial charge in [0.15, 0.2) is 11.6 Å². The van der Waals surface area contributed by atoms with E-state index in [1.54, 1.807) is 20.8 Å². The molecule has 0 saturated heterocycles. The molecule has 0 aliphatic rings. The molecule has 9 nitrogen and oxygen atoms in total. The number of nitro benzene ring substituents is 1. The average molecular weight is 449 g/mol. The van der Waals surface area contributed by atoms with Crippen LogP contribution in [0.3, 0.4) is 0 Å². The number of nitro groups is 1. The minimum atomic E-state index is -0.864. The van der Waals surface area contributed by atoms with E-state index >= 15 is 0 Å². The first-order valence-corrected chi connectivity index (χ1v) is 9.35. The van der Waals surface area contributed by atoms with Crippen LogP contribution in [0.15, 0.2) is 36.7 Å². The maximum absolute atomic E-state index is 13.7. The number of nitrogens with zero attached hydrogens (tertiary/aromatic N) is 4. The highest BCUT2D eigenvalue weighted by molar-refractivity contribution is 6.31. The van der Waals surface area contributed by atoms with E-state index in [9.17, 15) is 19.3 Å². The Labute approximate surface area is 181 Å². The summed E-state index contributed by atoms with van der Waals surface area (Å²) in [6.45, 7) is 5.03. The van der Waals surface area contributed by atoms with Crippen molar-refractivity contribution in [3.05, 3.63) is 57.6 Å². The van der Waals surface area contributed by atoms with Crippen LogP contribution in [-0.4, -0.2) is 33.7 Å². The predicted molar refractivity (Wildman–Crippen MR) is 113 cm³/mol. The zero-order chi connectivity index (χ0) is 22.9. The van der Waals surface area contributed by atoms with Gasteiger partial charge in [-0.2, -0.15) is 0 Å². The molecule has 3 aromatic rings. The average Bonchev–Trinajstić information content (AvgIpc) is 2.68. The molecule has 0 bridgehead atoms. The summed E-state index contributed by atoms with van der Waals surface area (Å²) in [4.78, 5) is 33.3. The molecule has 1 amide bonds. The number of rotatable bonds is 4. The van der Waals surface area contributed by atoms with E-state index in [1.807, 2.05) is 0 Å². The summed E-state index contributed by atoms with van der Waals surface area (Å²) in [5.41, 5.74) is -0.766. The number of amides is 1. The fourth-order valence-electron chi connectivity index (χ4n) is 2.79. The quantitative estimate of drug-likeness (QED) is 0.387. The summed E-state index contributed by atoms with van der Waals surface area (Å²) < 4.78 is 24.3. The van der Waals surface area contributed by atoms with Gasteiger partial charge < -0.3 is 9.47 Å². The Kier molecular flexibility index (Phi) is 5.94. The van der Waals surface area contributed by atoms with E-state index < -0.39 is 22.4 Å². The van der Waals surface area contributed by atoms with Crippen LogP contribution in [0.4, 0.5) is 26.4 Å². The topological polar surface area (TPSA) is 108 Å². The van der Waals surface area contributed by atoms with Crippen LogP contribution >= 0.6 is 11.6 Å². The van der Waals surface area contributed by atoms with Gasteiger partial charge in [-0.1, -0.05) is 11.6 Å². The first kappa shape index (κ1) is 22.2. The van der Waals surface area contributed by atoms with Crippen molar-refractivity contribution in [2.24, 2.45) is 0 Å². The molecule has 0 aliphatic carbocycles. The minimum absolute atomic E-state index is 0.00389. The van der Waals surface area contributed by atoms with Crippen molar-refractivity contribution >= 4 is 45.8 Å². The van der Waals surface area contributed by atoms with Crippen LogP contribution in [0.5, 0.6) is 5.75 Å². The van der Waals surface area contributed by atoms with Gasteiger partial charge in [0.05, 0.1) is 33.6 Å². The summed E-state index contributed by atoms with van der Waals surface area (Å²) in [6, 6.07) is 6.20.